The van der Waals surface area contributed by atoms with E-state index in [1.165, 1.54) is 25.0 Å². The summed E-state index contributed by atoms with van der Waals surface area (Å²) < 4.78 is 8.02. The van der Waals surface area contributed by atoms with Crippen molar-refractivity contribution in [3.05, 3.63) is 89.7 Å². The molecule has 0 atom stereocenters. The van der Waals surface area contributed by atoms with Gasteiger partial charge < -0.3 is 14.2 Å². The third-order valence-corrected chi connectivity index (χ3v) is 6.28. The van der Waals surface area contributed by atoms with E-state index in [-0.39, 0.29) is 5.56 Å². The van der Waals surface area contributed by atoms with Gasteiger partial charge in [0, 0.05) is 17.7 Å². The average molecular weight is 427 g/mol. The lowest BCUT2D eigenvalue weighted by atomic mass is 9.85. The quantitative estimate of drug-likeness (QED) is 0.391. The third-order valence-electron chi connectivity index (χ3n) is 6.28. The van der Waals surface area contributed by atoms with E-state index in [0.29, 0.717) is 18.2 Å². The number of hydrogen-bond acceptors (Lipinski definition) is 3. The Balaban J connectivity index is 1.48. The molecule has 1 N–H and O–H groups in total. The Morgan fingerprint density at radius 3 is 2.47 bits per heavy atom. The van der Waals surface area contributed by atoms with Crippen molar-refractivity contribution >= 4 is 11.6 Å². The molecular formula is C27H26N2O3. The molecule has 1 fully saturated rings. The largest absolute Gasteiger partial charge is 0.489 e. The van der Waals surface area contributed by atoms with Crippen LogP contribution in [0.2, 0.25) is 0 Å². The van der Waals surface area contributed by atoms with E-state index in [2.05, 4.69) is 4.40 Å². The average Bonchev–Trinajstić information content (AvgIpc) is 3.23. The molecule has 2 heterocycles. The molecule has 2 aromatic carbocycles. The van der Waals surface area contributed by atoms with Crippen LogP contribution in [-0.4, -0.2) is 20.5 Å². The SMILES string of the molecule is O=C(O)c1ccn2c(C3CCCCC3)c(-c3ccc(OCc4ccccc4)cc3)nc2c1. The summed E-state index contributed by atoms with van der Waals surface area (Å²) in [6.07, 6.45) is 7.85. The summed E-state index contributed by atoms with van der Waals surface area (Å²) in [4.78, 5) is 16.3. The van der Waals surface area contributed by atoms with Gasteiger partial charge in [-0.1, -0.05) is 49.6 Å². The van der Waals surface area contributed by atoms with Gasteiger partial charge in [-0.2, -0.15) is 0 Å². The predicted molar refractivity (Wildman–Crippen MR) is 124 cm³/mol. The molecule has 0 bridgehead atoms. The van der Waals surface area contributed by atoms with E-state index in [1.807, 2.05) is 60.8 Å². The van der Waals surface area contributed by atoms with Crippen LogP contribution < -0.4 is 4.74 Å². The first kappa shape index (κ1) is 20.3. The Morgan fingerprint density at radius 2 is 1.75 bits per heavy atom. The number of nitrogens with zero attached hydrogens (tertiary/aromatic N) is 2. The maximum absolute atomic E-state index is 11.5. The lowest BCUT2D eigenvalue weighted by molar-refractivity contribution is 0.0697. The van der Waals surface area contributed by atoms with Crippen LogP contribution >= 0.6 is 0 Å². The molecule has 0 radical (unpaired) electrons. The molecule has 0 saturated heterocycles. The Morgan fingerprint density at radius 1 is 1.00 bits per heavy atom. The van der Waals surface area contributed by atoms with Gasteiger partial charge in [-0.15, -0.1) is 0 Å². The number of benzene rings is 2. The minimum atomic E-state index is -0.934. The minimum absolute atomic E-state index is 0.258. The summed E-state index contributed by atoms with van der Waals surface area (Å²) in [5.41, 5.74) is 5.23. The number of rotatable bonds is 6. The van der Waals surface area contributed by atoms with Crippen LogP contribution in [0.3, 0.4) is 0 Å². The lowest BCUT2D eigenvalue weighted by Crippen LogP contribution is -2.09. The van der Waals surface area contributed by atoms with Crippen molar-refractivity contribution < 1.29 is 14.6 Å². The zero-order valence-corrected chi connectivity index (χ0v) is 17.9. The topological polar surface area (TPSA) is 63.8 Å². The second-order valence-electron chi connectivity index (χ2n) is 8.43. The molecule has 2 aromatic heterocycles. The highest BCUT2D eigenvalue weighted by Crippen LogP contribution is 2.39. The van der Waals surface area contributed by atoms with E-state index < -0.39 is 5.97 Å². The Hall–Kier alpha value is -3.60. The number of ether oxygens (including phenoxy) is 1. The summed E-state index contributed by atoms with van der Waals surface area (Å²) in [7, 11) is 0. The maximum Gasteiger partial charge on any atom is 0.335 e. The Labute approximate surface area is 187 Å². The van der Waals surface area contributed by atoms with Gasteiger partial charge in [0.1, 0.15) is 18.0 Å². The van der Waals surface area contributed by atoms with Crippen molar-refractivity contribution in [2.75, 3.05) is 0 Å². The van der Waals surface area contributed by atoms with Crippen LogP contribution in [0, 0.1) is 0 Å². The van der Waals surface area contributed by atoms with Crippen molar-refractivity contribution in [3.63, 3.8) is 0 Å². The molecule has 0 amide bonds. The molecule has 5 rings (SSSR count). The molecule has 1 aliphatic carbocycles. The smallest absolute Gasteiger partial charge is 0.335 e. The second kappa shape index (κ2) is 8.87. The van der Waals surface area contributed by atoms with Gasteiger partial charge in [0.2, 0.25) is 0 Å². The fourth-order valence-corrected chi connectivity index (χ4v) is 4.63. The first-order valence-corrected chi connectivity index (χ1v) is 11.2. The van der Waals surface area contributed by atoms with Gasteiger partial charge in [-0.05, 0) is 54.8 Å². The van der Waals surface area contributed by atoms with Crippen molar-refractivity contribution in [2.24, 2.45) is 0 Å². The highest BCUT2D eigenvalue weighted by Gasteiger charge is 2.25. The fraction of sp³-hybridized carbons (Fsp3) is 0.259. The van der Waals surface area contributed by atoms with Crippen LogP contribution in [-0.2, 0) is 6.61 Å². The predicted octanol–water partition coefficient (Wildman–Crippen LogP) is 6.33. The highest BCUT2D eigenvalue weighted by molar-refractivity contribution is 5.89. The van der Waals surface area contributed by atoms with E-state index in [9.17, 15) is 9.90 Å². The number of imidazole rings is 1. The molecular weight excluding hydrogens is 400 g/mol. The van der Waals surface area contributed by atoms with E-state index >= 15 is 0 Å². The summed E-state index contributed by atoms with van der Waals surface area (Å²) in [6, 6.07) is 21.5. The highest BCUT2D eigenvalue weighted by atomic mass is 16.5. The van der Waals surface area contributed by atoms with Crippen LogP contribution in [0.25, 0.3) is 16.9 Å². The molecule has 0 spiro atoms. The standard InChI is InChI=1S/C27H26N2O3/c30-27(31)22-15-16-29-24(17-22)28-25(26(29)21-9-5-2-6-10-21)20-11-13-23(14-12-20)32-18-19-7-3-1-4-8-19/h1,3-4,7-8,11-17,21H,2,5-6,9-10,18H2,(H,30,31). The molecule has 4 aromatic rings. The summed E-state index contributed by atoms with van der Waals surface area (Å²) in [5.74, 6) is 0.309. The maximum atomic E-state index is 11.5. The number of fused-ring (bicyclic) bond motifs is 1. The van der Waals surface area contributed by atoms with Gasteiger partial charge in [0.15, 0.2) is 0 Å². The van der Waals surface area contributed by atoms with E-state index in [4.69, 9.17) is 9.72 Å². The Kier molecular flexibility index (Phi) is 5.63. The summed E-state index contributed by atoms with van der Waals surface area (Å²) >= 11 is 0. The zero-order valence-electron chi connectivity index (χ0n) is 17.9. The lowest BCUT2D eigenvalue weighted by Gasteiger charge is -2.22. The summed E-state index contributed by atoms with van der Waals surface area (Å²) in [6.45, 7) is 0.528. The molecule has 0 unspecified atom stereocenters. The van der Waals surface area contributed by atoms with Crippen molar-refractivity contribution in [3.8, 4) is 17.0 Å². The number of hydrogen-bond donors (Lipinski definition) is 1. The van der Waals surface area contributed by atoms with Gasteiger partial charge >= 0.3 is 5.97 Å². The van der Waals surface area contributed by atoms with E-state index in [1.54, 1.807) is 12.1 Å². The van der Waals surface area contributed by atoms with Crippen LogP contribution in [0.1, 0.15) is 59.6 Å². The van der Waals surface area contributed by atoms with E-state index in [0.717, 1.165) is 35.4 Å². The molecule has 5 heteroatoms. The van der Waals surface area contributed by atoms with Gasteiger partial charge in [0.25, 0.3) is 0 Å². The third kappa shape index (κ3) is 4.11. The van der Waals surface area contributed by atoms with Gasteiger partial charge in [0.05, 0.1) is 17.0 Å². The number of aromatic nitrogens is 2. The van der Waals surface area contributed by atoms with Gasteiger partial charge in [-0.25, -0.2) is 9.78 Å². The number of carboxylic acids is 1. The normalized spacial score (nSPS) is 14.5. The molecule has 5 nitrogen and oxygen atoms in total. The fourth-order valence-electron chi connectivity index (χ4n) is 4.63. The second-order valence-corrected chi connectivity index (χ2v) is 8.43. The molecule has 32 heavy (non-hydrogen) atoms. The zero-order chi connectivity index (χ0) is 21.9. The molecule has 1 aliphatic rings. The minimum Gasteiger partial charge on any atom is -0.489 e. The summed E-state index contributed by atoms with van der Waals surface area (Å²) in [5, 5.41) is 9.40. The van der Waals surface area contributed by atoms with Crippen LogP contribution in [0.5, 0.6) is 5.75 Å². The monoisotopic (exact) mass is 426 g/mol. The van der Waals surface area contributed by atoms with Crippen molar-refractivity contribution in [1.29, 1.82) is 0 Å². The van der Waals surface area contributed by atoms with Gasteiger partial charge in [-0.3, -0.25) is 0 Å². The molecule has 1 saturated carbocycles. The number of carbonyl (C=O) groups is 1. The number of carboxylic acid groups (broad SMARTS) is 1. The van der Waals surface area contributed by atoms with Crippen molar-refractivity contribution in [1.82, 2.24) is 9.38 Å². The Bertz CT molecular complexity index is 1220. The van der Waals surface area contributed by atoms with Crippen LogP contribution in [0.4, 0.5) is 0 Å². The number of pyridine rings is 1. The molecule has 0 aliphatic heterocycles. The first-order chi connectivity index (χ1) is 15.7. The van der Waals surface area contributed by atoms with Crippen LogP contribution in [0.15, 0.2) is 72.9 Å². The molecule has 162 valence electrons. The van der Waals surface area contributed by atoms with Crippen molar-refractivity contribution in [2.45, 2.75) is 44.6 Å². The first-order valence-electron chi connectivity index (χ1n) is 11.2. The number of aromatic carboxylic acids is 1.